The van der Waals surface area contributed by atoms with E-state index in [2.05, 4.69) is 21.6 Å². The molecule has 1 aliphatic heterocycles. The van der Waals surface area contributed by atoms with E-state index in [1.807, 2.05) is 31.2 Å². The van der Waals surface area contributed by atoms with Gasteiger partial charge in [-0.2, -0.15) is 5.26 Å². The largest absolute Gasteiger partial charge is 0.467 e. The summed E-state index contributed by atoms with van der Waals surface area (Å²) in [6.45, 7) is 9.94. The number of hydrogen-bond donors (Lipinski definition) is 1. The smallest absolute Gasteiger partial charge is 0.411 e. The predicted molar refractivity (Wildman–Crippen MR) is 157 cm³/mol. The zero-order chi connectivity index (χ0) is 30.3. The number of hydrogen-bond acceptors (Lipinski definition) is 10. The van der Waals surface area contributed by atoms with Crippen LogP contribution in [0.5, 0.6) is 5.75 Å². The molecule has 0 radical (unpaired) electrons. The van der Waals surface area contributed by atoms with Crippen molar-refractivity contribution in [1.82, 2.24) is 15.1 Å². The summed E-state index contributed by atoms with van der Waals surface area (Å²) in [5.41, 5.74) is 1.00. The molecule has 1 fully saturated rings. The standard InChI is InChI=1S/C31H37N5O6/c1-6-39-19-41-26-16-20(17-32)12-14-24(26)27-22-10-8-9-11-23(22)28(35-34-27)33-21-13-15-25(29(37)40-7-2)36(18-21)30(38)42-31(3,4)5/h8-12,14,16,21,25H,6-7,13,15,18-19H2,1-5H3,(H,33,35)/t21-,25+/m1/s1. The molecule has 0 saturated carbocycles. The zero-order valence-electron chi connectivity index (χ0n) is 24.7. The Morgan fingerprint density at radius 1 is 1.07 bits per heavy atom. The van der Waals surface area contributed by atoms with E-state index in [0.29, 0.717) is 47.8 Å². The lowest BCUT2D eigenvalue weighted by Gasteiger charge is -2.39. The number of piperidine rings is 1. The molecule has 11 nitrogen and oxygen atoms in total. The van der Waals surface area contributed by atoms with Crippen molar-refractivity contribution in [1.29, 1.82) is 5.26 Å². The fourth-order valence-corrected chi connectivity index (χ4v) is 4.79. The van der Waals surface area contributed by atoms with Crippen LogP contribution in [-0.4, -0.2) is 71.4 Å². The Balaban J connectivity index is 1.64. The Hall–Kier alpha value is -4.43. The van der Waals surface area contributed by atoms with Crippen molar-refractivity contribution in [3.63, 3.8) is 0 Å². The highest BCUT2D eigenvalue weighted by atomic mass is 16.7. The van der Waals surface area contributed by atoms with Crippen molar-refractivity contribution >= 4 is 28.7 Å². The van der Waals surface area contributed by atoms with Crippen LogP contribution < -0.4 is 10.1 Å². The molecule has 0 bridgehead atoms. The molecule has 4 rings (SSSR count). The first-order valence-corrected chi connectivity index (χ1v) is 14.1. The molecule has 0 unspecified atom stereocenters. The second kappa shape index (κ2) is 13.5. The van der Waals surface area contributed by atoms with Crippen molar-refractivity contribution in [2.24, 2.45) is 0 Å². The van der Waals surface area contributed by atoms with Gasteiger partial charge in [-0.25, -0.2) is 9.59 Å². The molecule has 1 amide bonds. The maximum absolute atomic E-state index is 13.1. The molecule has 1 N–H and O–H groups in total. The fourth-order valence-electron chi connectivity index (χ4n) is 4.79. The van der Waals surface area contributed by atoms with Crippen LogP contribution in [0.2, 0.25) is 0 Å². The van der Waals surface area contributed by atoms with Crippen LogP contribution >= 0.6 is 0 Å². The highest BCUT2D eigenvalue weighted by Crippen LogP contribution is 2.36. The zero-order valence-corrected chi connectivity index (χ0v) is 24.7. The van der Waals surface area contributed by atoms with Crippen LogP contribution in [0, 0.1) is 11.3 Å². The highest BCUT2D eigenvalue weighted by Gasteiger charge is 2.39. The van der Waals surface area contributed by atoms with Gasteiger partial charge in [0, 0.05) is 35.5 Å². The Labute approximate surface area is 245 Å². The lowest BCUT2D eigenvalue weighted by atomic mass is 9.98. The molecule has 0 aliphatic carbocycles. The number of likely N-dealkylation sites (tertiary alicyclic amines) is 1. The first-order chi connectivity index (χ1) is 20.1. The van der Waals surface area contributed by atoms with E-state index in [-0.39, 0.29) is 26.0 Å². The van der Waals surface area contributed by atoms with Crippen molar-refractivity contribution in [2.45, 2.75) is 65.1 Å². The Morgan fingerprint density at radius 2 is 1.83 bits per heavy atom. The number of carbonyl (C=O) groups is 2. The third-order valence-corrected chi connectivity index (χ3v) is 6.66. The van der Waals surface area contributed by atoms with Crippen molar-refractivity contribution < 1.29 is 28.5 Å². The van der Waals surface area contributed by atoms with E-state index in [4.69, 9.17) is 18.9 Å². The average Bonchev–Trinajstić information content (AvgIpc) is 2.97. The van der Waals surface area contributed by atoms with Gasteiger partial charge in [0.25, 0.3) is 0 Å². The van der Waals surface area contributed by atoms with E-state index < -0.39 is 23.7 Å². The van der Waals surface area contributed by atoms with Gasteiger partial charge in [0.15, 0.2) is 12.6 Å². The maximum atomic E-state index is 13.1. The summed E-state index contributed by atoms with van der Waals surface area (Å²) in [6.07, 6.45) is 0.440. The van der Waals surface area contributed by atoms with Crippen LogP contribution in [-0.2, 0) is 19.0 Å². The van der Waals surface area contributed by atoms with Gasteiger partial charge < -0.3 is 24.3 Å². The lowest BCUT2D eigenvalue weighted by molar-refractivity contribution is -0.150. The second-order valence-corrected chi connectivity index (χ2v) is 10.8. The summed E-state index contributed by atoms with van der Waals surface area (Å²) in [5, 5.41) is 23.6. The minimum atomic E-state index is -0.727. The Morgan fingerprint density at radius 3 is 2.52 bits per heavy atom. The maximum Gasteiger partial charge on any atom is 0.411 e. The summed E-state index contributed by atoms with van der Waals surface area (Å²) < 4.78 is 22.1. The van der Waals surface area contributed by atoms with Crippen LogP contribution in [0.3, 0.4) is 0 Å². The number of aromatic nitrogens is 2. The van der Waals surface area contributed by atoms with E-state index in [0.717, 1.165) is 10.8 Å². The molecule has 2 atom stereocenters. The van der Waals surface area contributed by atoms with Gasteiger partial charge in [-0.05, 0) is 65.7 Å². The molecule has 2 heterocycles. The first kappa shape index (κ1) is 30.5. The monoisotopic (exact) mass is 575 g/mol. The number of nitrogens with zero attached hydrogens (tertiary/aromatic N) is 4. The third-order valence-electron chi connectivity index (χ3n) is 6.66. The predicted octanol–water partition coefficient (Wildman–Crippen LogP) is 5.28. The summed E-state index contributed by atoms with van der Waals surface area (Å²) in [4.78, 5) is 27.2. The number of esters is 1. The number of carbonyl (C=O) groups excluding carboxylic acids is 2. The van der Waals surface area contributed by atoms with Gasteiger partial charge >= 0.3 is 12.1 Å². The number of fused-ring (bicyclic) bond motifs is 1. The van der Waals surface area contributed by atoms with Crippen LogP contribution in [0.15, 0.2) is 42.5 Å². The number of ether oxygens (including phenoxy) is 4. The molecule has 1 saturated heterocycles. The average molecular weight is 576 g/mol. The van der Waals surface area contributed by atoms with Crippen molar-refractivity contribution in [3.05, 3.63) is 48.0 Å². The minimum Gasteiger partial charge on any atom is -0.467 e. The molecule has 0 spiro atoms. The Kier molecular flexibility index (Phi) is 9.80. The number of nitriles is 1. The lowest BCUT2D eigenvalue weighted by Crippen LogP contribution is -2.55. The molecule has 3 aromatic rings. The number of anilines is 1. The normalized spacial score (nSPS) is 16.9. The topological polar surface area (TPSA) is 136 Å². The number of rotatable bonds is 9. The summed E-state index contributed by atoms with van der Waals surface area (Å²) in [5.74, 6) is 0.567. The van der Waals surface area contributed by atoms with Gasteiger partial charge in [0.1, 0.15) is 23.1 Å². The summed E-state index contributed by atoms with van der Waals surface area (Å²) in [7, 11) is 0. The van der Waals surface area contributed by atoms with Crippen LogP contribution in [0.4, 0.5) is 10.6 Å². The number of nitrogens with one attached hydrogen (secondary N) is 1. The molecule has 1 aliphatic rings. The number of amides is 1. The molecule has 42 heavy (non-hydrogen) atoms. The minimum absolute atomic E-state index is 0.0337. The van der Waals surface area contributed by atoms with E-state index in [9.17, 15) is 14.9 Å². The first-order valence-electron chi connectivity index (χ1n) is 14.1. The third kappa shape index (κ3) is 7.25. The summed E-state index contributed by atoms with van der Waals surface area (Å²) >= 11 is 0. The SMILES string of the molecule is CCOCOc1cc(C#N)ccc1-c1nnc(N[C@@H]2CC[C@@H](C(=O)OCC)N(C(=O)OC(C)(C)C)C2)c2ccccc12. The Bertz CT molecular complexity index is 1460. The molecule has 11 heteroatoms. The van der Waals surface area contributed by atoms with Crippen molar-refractivity contribution in [3.8, 4) is 23.1 Å². The van der Waals surface area contributed by atoms with Gasteiger partial charge in [-0.1, -0.05) is 24.3 Å². The fraction of sp³-hybridized carbons (Fsp3) is 0.452. The molecule has 1 aromatic heterocycles. The van der Waals surface area contributed by atoms with E-state index >= 15 is 0 Å². The molecule has 222 valence electrons. The van der Waals surface area contributed by atoms with Crippen molar-refractivity contribution in [2.75, 3.05) is 31.9 Å². The molecular weight excluding hydrogens is 538 g/mol. The van der Waals surface area contributed by atoms with Gasteiger partial charge in [-0.3, -0.25) is 4.90 Å². The second-order valence-electron chi connectivity index (χ2n) is 10.8. The van der Waals surface area contributed by atoms with Crippen LogP contribution in [0.25, 0.3) is 22.0 Å². The summed E-state index contributed by atoms with van der Waals surface area (Å²) in [6, 6.07) is 14.1. The van der Waals surface area contributed by atoms with E-state index in [1.165, 1.54) is 4.90 Å². The molecular formula is C31H37N5O6. The van der Waals surface area contributed by atoms with Gasteiger partial charge in [-0.15, -0.1) is 10.2 Å². The highest BCUT2D eigenvalue weighted by molar-refractivity contribution is 6.01. The quantitative estimate of drug-likeness (QED) is 0.204. The van der Waals surface area contributed by atoms with E-state index in [1.54, 1.807) is 45.9 Å². The van der Waals surface area contributed by atoms with Gasteiger partial charge in [0.2, 0.25) is 0 Å². The van der Waals surface area contributed by atoms with Crippen LogP contribution in [0.1, 0.15) is 53.0 Å². The molecule has 2 aromatic carbocycles. The van der Waals surface area contributed by atoms with Gasteiger partial charge in [0.05, 0.1) is 18.2 Å². The number of benzene rings is 2.